The second-order valence-corrected chi connectivity index (χ2v) is 5.83. The molecule has 3 rings (SSSR count). The lowest BCUT2D eigenvalue weighted by Crippen LogP contribution is -2.33. The molecule has 0 saturated heterocycles. The Morgan fingerprint density at radius 3 is 2.42 bits per heavy atom. The summed E-state index contributed by atoms with van der Waals surface area (Å²) in [5.41, 5.74) is 1.96. The highest BCUT2D eigenvalue weighted by Crippen LogP contribution is 2.21. The van der Waals surface area contributed by atoms with Gasteiger partial charge in [-0.05, 0) is 42.3 Å². The molecule has 5 nitrogen and oxygen atoms in total. The van der Waals surface area contributed by atoms with Crippen molar-refractivity contribution in [3.05, 3.63) is 94.4 Å². The molecule has 0 radical (unpaired) electrons. The van der Waals surface area contributed by atoms with Crippen molar-refractivity contribution in [3.8, 4) is 5.75 Å². The number of aromatic amines is 1. The molecule has 0 aliphatic heterocycles. The van der Waals surface area contributed by atoms with Crippen LogP contribution >= 0.6 is 0 Å². The Morgan fingerprint density at radius 1 is 1.04 bits per heavy atom. The predicted molar refractivity (Wildman–Crippen MR) is 102 cm³/mol. The zero-order chi connectivity index (χ0) is 18.4. The van der Waals surface area contributed by atoms with Crippen LogP contribution < -0.4 is 15.2 Å². The van der Waals surface area contributed by atoms with Crippen molar-refractivity contribution in [2.75, 3.05) is 18.6 Å². The summed E-state index contributed by atoms with van der Waals surface area (Å²) in [7, 11) is 1.60. The molecule has 26 heavy (non-hydrogen) atoms. The largest absolute Gasteiger partial charge is 0.497 e. The molecule has 0 atom stereocenters. The zero-order valence-corrected chi connectivity index (χ0v) is 14.5. The fraction of sp³-hybridized carbons (Fsp3) is 0.143. The molecule has 1 N–H and O–H groups in total. The normalized spacial score (nSPS) is 10.3. The molecule has 3 aromatic rings. The van der Waals surface area contributed by atoms with Crippen LogP contribution in [0.15, 0.2) is 77.7 Å². The summed E-state index contributed by atoms with van der Waals surface area (Å²) in [4.78, 5) is 28.8. The third-order valence-electron chi connectivity index (χ3n) is 4.12. The molecule has 0 spiro atoms. The van der Waals surface area contributed by atoms with E-state index >= 15 is 0 Å². The van der Waals surface area contributed by atoms with Crippen molar-refractivity contribution >= 4 is 11.6 Å². The van der Waals surface area contributed by atoms with E-state index in [0.717, 1.165) is 17.0 Å². The fourth-order valence-corrected chi connectivity index (χ4v) is 2.73. The van der Waals surface area contributed by atoms with Crippen LogP contribution in [0.25, 0.3) is 0 Å². The van der Waals surface area contributed by atoms with E-state index < -0.39 is 0 Å². The summed E-state index contributed by atoms with van der Waals surface area (Å²) < 4.78 is 5.19. The van der Waals surface area contributed by atoms with Crippen LogP contribution in [0.1, 0.15) is 15.9 Å². The van der Waals surface area contributed by atoms with Crippen LogP contribution in [-0.2, 0) is 6.42 Å². The first kappa shape index (κ1) is 17.5. The number of aromatic nitrogens is 1. The molecular formula is C21H20N2O3. The standard InChI is InChI=1S/C21H20N2O3/c1-26-19-9-7-18(8-10-19)23(14-12-16-5-3-2-4-6-16)21(25)17-11-13-22-20(24)15-17/h2-11,13,15H,12,14H2,1H3,(H,22,24). The van der Waals surface area contributed by atoms with Gasteiger partial charge in [0.15, 0.2) is 0 Å². The lowest BCUT2D eigenvalue weighted by molar-refractivity contribution is 0.0987. The Morgan fingerprint density at radius 2 is 1.77 bits per heavy atom. The Bertz CT molecular complexity index is 918. The number of benzene rings is 2. The number of rotatable bonds is 6. The number of carbonyl (C=O) groups is 1. The van der Waals surface area contributed by atoms with Crippen molar-refractivity contribution in [2.24, 2.45) is 0 Å². The van der Waals surface area contributed by atoms with Crippen molar-refractivity contribution in [2.45, 2.75) is 6.42 Å². The Hall–Kier alpha value is -3.34. The number of hydrogen-bond donors (Lipinski definition) is 1. The van der Waals surface area contributed by atoms with Crippen LogP contribution in [0.2, 0.25) is 0 Å². The first-order chi connectivity index (χ1) is 12.7. The van der Waals surface area contributed by atoms with Gasteiger partial charge in [-0.2, -0.15) is 0 Å². The van der Waals surface area contributed by atoms with E-state index in [2.05, 4.69) is 4.98 Å². The maximum absolute atomic E-state index is 13.0. The average molecular weight is 348 g/mol. The van der Waals surface area contributed by atoms with Gasteiger partial charge < -0.3 is 14.6 Å². The SMILES string of the molecule is COc1ccc(N(CCc2ccccc2)C(=O)c2cc[nH]c(=O)c2)cc1. The highest BCUT2D eigenvalue weighted by atomic mass is 16.5. The smallest absolute Gasteiger partial charge is 0.258 e. The van der Waals surface area contributed by atoms with Crippen LogP contribution in [0.5, 0.6) is 5.75 Å². The third kappa shape index (κ3) is 4.19. The molecule has 1 amide bonds. The first-order valence-electron chi connectivity index (χ1n) is 8.36. The second kappa shape index (κ2) is 8.16. The summed E-state index contributed by atoms with van der Waals surface area (Å²) in [6, 6.07) is 20.2. The van der Waals surface area contributed by atoms with Crippen LogP contribution in [0, 0.1) is 0 Å². The molecule has 1 heterocycles. The van der Waals surface area contributed by atoms with Gasteiger partial charge >= 0.3 is 0 Å². The molecule has 5 heteroatoms. The molecule has 1 aromatic heterocycles. The van der Waals surface area contributed by atoms with Crippen molar-refractivity contribution in [1.82, 2.24) is 4.98 Å². The molecule has 132 valence electrons. The van der Waals surface area contributed by atoms with Crippen LogP contribution in [0.4, 0.5) is 5.69 Å². The van der Waals surface area contributed by atoms with E-state index in [1.165, 1.54) is 12.3 Å². The number of ether oxygens (including phenoxy) is 1. The first-order valence-corrected chi connectivity index (χ1v) is 8.36. The van der Waals surface area contributed by atoms with Gasteiger partial charge in [0.25, 0.3) is 5.91 Å². The maximum Gasteiger partial charge on any atom is 0.258 e. The van der Waals surface area contributed by atoms with Gasteiger partial charge in [-0.1, -0.05) is 30.3 Å². The van der Waals surface area contributed by atoms with Gasteiger partial charge in [0.05, 0.1) is 7.11 Å². The van der Waals surface area contributed by atoms with E-state index in [0.29, 0.717) is 18.5 Å². The molecule has 0 saturated carbocycles. The quantitative estimate of drug-likeness (QED) is 0.744. The summed E-state index contributed by atoms with van der Waals surface area (Å²) in [5.74, 6) is 0.512. The number of carbonyl (C=O) groups excluding carboxylic acids is 1. The second-order valence-electron chi connectivity index (χ2n) is 5.83. The minimum absolute atomic E-state index is 0.211. The Labute approximate surface area is 151 Å². The molecule has 2 aromatic carbocycles. The van der Waals surface area contributed by atoms with E-state index in [1.807, 2.05) is 54.6 Å². The topological polar surface area (TPSA) is 62.4 Å². The minimum Gasteiger partial charge on any atom is -0.497 e. The van der Waals surface area contributed by atoms with Crippen molar-refractivity contribution in [3.63, 3.8) is 0 Å². The van der Waals surface area contributed by atoms with E-state index in [4.69, 9.17) is 4.74 Å². The summed E-state index contributed by atoms with van der Waals surface area (Å²) in [5, 5.41) is 0. The number of hydrogen-bond acceptors (Lipinski definition) is 3. The number of nitrogens with zero attached hydrogens (tertiary/aromatic N) is 1. The van der Waals surface area contributed by atoms with Crippen LogP contribution in [-0.4, -0.2) is 24.5 Å². The van der Waals surface area contributed by atoms with Crippen molar-refractivity contribution < 1.29 is 9.53 Å². The molecule has 0 bridgehead atoms. The van der Waals surface area contributed by atoms with Gasteiger partial charge in [-0.25, -0.2) is 0 Å². The monoisotopic (exact) mass is 348 g/mol. The highest BCUT2D eigenvalue weighted by Gasteiger charge is 2.18. The zero-order valence-electron chi connectivity index (χ0n) is 14.5. The van der Waals surface area contributed by atoms with Gasteiger partial charge in [0.1, 0.15) is 5.75 Å². The van der Waals surface area contributed by atoms with Crippen LogP contribution in [0.3, 0.4) is 0 Å². The lowest BCUT2D eigenvalue weighted by atomic mass is 10.1. The maximum atomic E-state index is 13.0. The number of amides is 1. The molecule has 0 aliphatic rings. The minimum atomic E-state index is -0.298. The molecule has 0 unspecified atom stereocenters. The van der Waals surface area contributed by atoms with Crippen molar-refractivity contribution in [1.29, 1.82) is 0 Å². The number of methoxy groups -OCH3 is 1. The molecule has 0 aliphatic carbocycles. The van der Waals surface area contributed by atoms with Gasteiger partial charge in [0.2, 0.25) is 5.56 Å². The summed E-state index contributed by atoms with van der Waals surface area (Å²) in [6.45, 7) is 0.502. The Kier molecular flexibility index (Phi) is 5.49. The van der Waals surface area contributed by atoms with Gasteiger partial charge in [-0.15, -0.1) is 0 Å². The summed E-state index contributed by atoms with van der Waals surface area (Å²) >= 11 is 0. The van der Waals surface area contributed by atoms with Gasteiger partial charge in [0, 0.05) is 30.1 Å². The number of anilines is 1. The predicted octanol–water partition coefficient (Wildman–Crippen LogP) is 3.27. The Balaban J connectivity index is 1.89. The molecule has 0 fully saturated rings. The van der Waals surface area contributed by atoms with E-state index in [9.17, 15) is 9.59 Å². The van der Waals surface area contributed by atoms with E-state index in [-0.39, 0.29) is 11.5 Å². The third-order valence-corrected chi connectivity index (χ3v) is 4.12. The summed E-state index contributed by atoms with van der Waals surface area (Å²) in [6.07, 6.45) is 2.20. The number of pyridine rings is 1. The number of nitrogens with one attached hydrogen (secondary N) is 1. The highest BCUT2D eigenvalue weighted by molar-refractivity contribution is 6.06. The molecular weight excluding hydrogens is 328 g/mol. The number of H-pyrrole nitrogens is 1. The lowest BCUT2D eigenvalue weighted by Gasteiger charge is -2.23. The fourth-order valence-electron chi connectivity index (χ4n) is 2.73. The van der Waals surface area contributed by atoms with E-state index in [1.54, 1.807) is 18.1 Å². The average Bonchev–Trinajstić information content (AvgIpc) is 2.69. The van der Waals surface area contributed by atoms with Gasteiger partial charge in [-0.3, -0.25) is 9.59 Å².